The van der Waals surface area contributed by atoms with Gasteiger partial charge in [-0.15, -0.1) is 0 Å². The number of halogens is 1. The zero-order valence-electron chi connectivity index (χ0n) is 7.69. The van der Waals surface area contributed by atoms with Gasteiger partial charge in [0.05, 0.1) is 24.8 Å². The van der Waals surface area contributed by atoms with Gasteiger partial charge in [-0.1, -0.05) is 0 Å². The minimum absolute atomic E-state index is 0.249. The van der Waals surface area contributed by atoms with Crippen molar-refractivity contribution in [2.45, 2.75) is 30.4 Å². The molecule has 6 nitrogen and oxygen atoms in total. The van der Waals surface area contributed by atoms with Crippen LogP contribution in [-0.4, -0.2) is 66.2 Å². The lowest BCUT2D eigenvalue weighted by molar-refractivity contribution is -0.105. The Kier molecular flexibility index (Phi) is 2.93. The monoisotopic (exact) mass is 329 g/mol. The van der Waals surface area contributed by atoms with Gasteiger partial charge in [0.25, 0.3) is 3.91 Å². The molecule has 6 atom stereocenters. The van der Waals surface area contributed by atoms with Crippen LogP contribution in [0.2, 0.25) is 0 Å². The average molecular weight is 329 g/mol. The Bertz CT molecular complexity index is 288. The highest BCUT2D eigenvalue weighted by atomic mass is 127. The van der Waals surface area contributed by atoms with Crippen molar-refractivity contribution >= 4 is 26.5 Å². The lowest BCUT2D eigenvalue weighted by Crippen LogP contribution is -2.52. The van der Waals surface area contributed by atoms with Crippen LogP contribution in [0.25, 0.3) is 0 Å². The molecule has 1 heterocycles. The second kappa shape index (κ2) is 3.81. The van der Waals surface area contributed by atoms with Gasteiger partial charge < -0.3 is 25.3 Å². The Hall–Kier alpha value is 0.0400. The van der Waals surface area contributed by atoms with E-state index in [0.29, 0.717) is 0 Å². The molecule has 0 bridgehead atoms. The molecular weight excluding hydrogens is 317 g/mol. The smallest absolute Gasteiger partial charge is 0.283 e. The highest BCUT2D eigenvalue weighted by molar-refractivity contribution is 14.1. The number of likely N-dealkylation sites (tertiary alicyclic amines) is 1. The van der Waals surface area contributed by atoms with Crippen LogP contribution in [0.5, 0.6) is 0 Å². The fraction of sp³-hybridized carbons (Fsp3) is 0.875. The Morgan fingerprint density at radius 1 is 1.13 bits per heavy atom. The van der Waals surface area contributed by atoms with Gasteiger partial charge in [0.2, 0.25) is 0 Å². The first-order valence-corrected chi connectivity index (χ1v) is 5.71. The minimum atomic E-state index is -1.30. The zero-order chi connectivity index (χ0) is 11.3. The second-order valence-electron chi connectivity index (χ2n) is 3.96. The fourth-order valence-corrected chi connectivity index (χ4v) is 3.05. The van der Waals surface area contributed by atoms with Crippen molar-refractivity contribution in [2.75, 3.05) is 6.61 Å². The SMILES string of the molecule is O=C(I)N1C2C(O)C(O)C(O)C(CO)C21. The molecule has 1 saturated heterocycles. The molecule has 6 unspecified atom stereocenters. The third-order valence-electron chi connectivity index (χ3n) is 3.24. The molecule has 1 saturated carbocycles. The Labute approximate surface area is 99.6 Å². The molecule has 86 valence electrons. The molecule has 0 aromatic carbocycles. The van der Waals surface area contributed by atoms with Crippen LogP contribution >= 0.6 is 22.6 Å². The van der Waals surface area contributed by atoms with Gasteiger partial charge in [0, 0.05) is 28.5 Å². The first-order chi connectivity index (χ1) is 7.00. The van der Waals surface area contributed by atoms with Gasteiger partial charge in [0.15, 0.2) is 0 Å². The molecule has 1 amide bonds. The van der Waals surface area contributed by atoms with Crippen LogP contribution in [-0.2, 0) is 0 Å². The lowest BCUT2D eigenvalue weighted by Gasteiger charge is -2.31. The molecule has 2 fully saturated rings. The minimum Gasteiger partial charge on any atom is -0.396 e. The number of carbonyl (C=O) groups excluding carboxylic acids is 1. The largest absolute Gasteiger partial charge is 0.396 e. The number of aliphatic hydroxyl groups excluding tert-OH is 4. The van der Waals surface area contributed by atoms with E-state index in [2.05, 4.69) is 0 Å². The highest BCUT2D eigenvalue weighted by Gasteiger charge is 2.65. The van der Waals surface area contributed by atoms with E-state index in [1.54, 1.807) is 22.6 Å². The van der Waals surface area contributed by atoms with Gasteiger partial charge in [-0.25, -0.2) is 0 Å². The maximum absolute atomic E-state index is 11.1. The molecule has 2 rings (SSSR count). The van der Waals surface area contributed by atoms with E-state index in [9.17, 15) is 20.1 Å². The van der Waals surface area contributed by atoms with Crippen LogP contribution < -0.4 is 0 Å². The maximum atomic E-state index is 11.1. The molecule has 2 aliphatic rings. The molecule has 0 aromatic rings. The summed E-state index contributed by atoms with van der Waals surface area (Å²) in [6.07, 6.45) is -3.62. The number of amides is 1. The number of rotatable bonds is 1. The Morgan fingerprint density at radius 3 is 2.20 bits per heavy atom. The van der Waals surface area contributed by atoms with E-state index in [-0.39, 0.29) is 16.6 Å². The predicted octanol–water partition coefficient (Wildman–Crippen LogP) is -1.70. The van der Waals surface area contributed by atoms with E-state index in [1.165, 1.54) is 4.90 Å². The topological polar surface area (TPSA) is 101 Å². The normalized spacial score (nSPS) is 48.7. The van der Waals surface area contributed by atoms with Gasteiger partial charge >= 0.3 is 0 Å². The summed E-state index contributed by atoms with van der Waals surface area (Å²) >= 11 is 1.58. The van der Waals surface area contributed by atoms with Gasteiger partial charge in [-0.2, -0.15) is 0 Å². The summed E-state index contributed by atoms with van der Waals surface area (Å²) in [5.74, 6) is -0.577. The summed E-state index contributed by atoms with van der Waals surface area (Å²) in [5, 5.41) is 37.8. The molecule has 0 aromatic heterocycles. The highest BCUT2D eigenvalue weighted by Crippen LogP contribution is 2.45. The molecule has 1 aliphatic carbocycles. The summed E-state index contributed by atoms with van der Waals surface area (Å²) in [5.41, 5.74) is 0. The van der Waals surface area contributed by atoms with Gasteiger partial charge in [-0.3, -0.25) is 4.79 Å². The number of hydrogen-bond donors (Lipinski definition) is 4. The standard InChI is InChI=1S/C8H12INO5/c9-8(15)10-3-2(1-11)5(12)7(14)6(13)4(3)10/h2-7,11-14H,1H2. The van der Waals surface area contributed by atoms with Crippen molar-refractivity contribution in [3.63, 3.8) is 0 Å². The van der Waals surface area contributed by atoms with E-state index < -0.39 is 30.3 Å². The number of fused-ring (bicyclic) bond motifs is 1. The second-order valence-corrected chi connectivity index (χ2v) is 4.88. The number of hydrogen-bond acceptors (Lipinski definition) is 5. The van der Waals surface area contributed by atoms with Crippen LogP contribution in [0, 0.1) is 5.92 Å². The van der Waals surface area contributed by atoms with Gasteiger partial charge in [0.1, 0.15) is 12.2 Å². The summed E-state index contributed by atoms with van der Waals surface area (Å²) in [4.78, 5) is 12.5. The van der Waals surface area contributed by atoms with Crippen LogP contribution in [0.15, 0.2) is 0 Å². The van der Waals surface area contributed by atoms with Crippen molar-refractivity contribution in [2.24, 2.45) is 5.92 Å². The third kappa shape index (κ3) is 1.57. The first kappa shape index (κ1) is 11.5. The van der Waals surface area contributed by atoms with Crippen molar-refractivity contribution < 1.29 is 25.2 Å². The predicted molar refractivity (Wildman–Crippen MR) is 57.4 cm³/mol. The first-order valence-electron chi connectivity index (χ1n) is 4.63. The van der Waals surface area contributed by atoms with Gasteiger partial charge in [-0.05, 0) is 0 Å². The quantitative estimate of drug-likeness (QED) is 0.199. The average Bonchev–Trinajstić information content (AvgIpc) is 2.90. The van der Waals surface area contributed by atoms with Crippen LogP contribution in [0.4, 0.5) is 4.79 Å². The third-order valence-corrected chi connectivity index (χ3v) is 3.80. The van der Waals surface area contributed by atoms with E-state index in [1.807, 2.05) is 0 Å². The Morgan fingerprint density at radius 2 is 1.73 bits per heavy atom. The van der Waals surface area contributed by atoms with Crippen LogP contribution in [0.1, 0.15) is 0 Å². The molecule has 15 heavy (non-hydrogen) atoms. The maximum Gasteiger partial charge on any atom is 0.283 e. The van der Waals surface area contributed by atoms with E-state index in [4.69, 9.17) is 5.11 Å². The molecule has 1 aliphatic heterocycles. The van der Waals surface area contributed by atoms with Crippen molar-refractivity contribution in [3.8, 4) is 0 Å². The molecule has 0 spiro atoms. The number of aliphatic hydroxyl groups is 4. The van der Waals surface area contributed by atoms with Crippen LogP contribution in [0.3, 0.4) is 0 Å². The lowest BCUT2D eigenvalue weighted by atomic mass is 9.83. The zero-order valence-corrected chi connectivity index (χ0v) is 9.85. The molecule has 0 radical (unpaired) electrons. The summed E-state index contributed by atoms with van der Waals surface area (Å²) < 4.78 is -0.249. The summed E-state index contributed by atoms with van der Waals surface area (Å²) in [7, 11) is 0. The fourth-order valence-electron chi connectivity index (χ4n) is 2.40. The molecule has 4 N–H and O–H groups in total. The number of carbonyl (C=O) groups is 1. The Balaban J connectivity index is 2.21. The molecule has 7 heteroatoms. The van der Waals surface area contributed by atoms with Crippen molar-refractivity contribution in [1.82, 2.24) is 4.90 Å². The number of nitrogens with zero attached hydrogens (tertiary/aromatic N) is 1. The van der Waals surface area contributed by atoms with E-state index >= 15 is 0 Å². The van der Waals surface area contributed by atoms with Crippen molar-refractivity contribution in [3.05, 3.63) is 0 Å². The van der Waals surface area contributed by atoms with E-state index in [0.717, 1.165) is 0 Å². The van der Waals surface area contributed by atoms with Crippen molar-refractivity contribution in [1.29, 1.82) is 0 Å². The molecular formula is C8H12INO5. The summed E-state index contributed by atoms with van der Waals surface area (Å²) in [6.45, 7) is -0.313. The summed E-state index contributed by atoms with van der Waals surface area (Å²) in [6, 6.07) is -0.822.